The molecule has 77 heavy (non-hydrogen) atoms. The molecule has 8 rings (SSSR count). The van der Waals surface area contributed by atoms with E-state index in [4.69, 9.17) is 27.5 Å². The Hall–Kier alpha value is -5.48. The normalized spacial score (nSPS) is 17.9. The highest BCUT2D eigenvalue weighted by molar-refractivity contribution is 7.01. The van der Waals surface area contributed by atoms with Gasteiger partial charge in [-0.05, 0) is 63.6 Å². The van der Waals surface area contributed by atoms with Crippen molar-refractivity contribution in [2.24, 2.45) is 0 Å². The quantitative estimate of drug-likeness (QED) is 0.0511. The smallest absolute Gasteiger partial charge is 0.308 e. The number of benzene rings is 7. The van der Waals surface area contributed by atoms with Crippen molar-refractivity contribution >= 4 is 75.3 Å². The lowest BCUT2D eigenvalue weighted by Crippen LogP contribution is -2.73. The summed E-state index contributed by atoms with van der Waals surface area (Å²) in [7, 11) is -10.3. The van der Waals surface area contributed by atoms with Crippen LogP contribution in [0.25, 0.3) is 0 Å². The van der Waals surface area contributed by atoms with Gasteiger partial charge in [-0.1, -0.05) is 264 Å². The number of methoxy groups -OCH3 is 1. The molecule has 1 saturated heterocycles. The maximum atomic E-state index is 13.3. The molecule has 0 amide bonds. The first-order valence-corrected chi connectivity index (χ1v) is 36.6. The van der Waals surface area contributed by atoms with Crippen LogP contribution in [0, 0.1) is 0 Å². The van der Waals surface area contributed by atoms with Gasteiger partial charge in [0, 0.05) is 18.9 Å². The highest BCUT2D eigenvalue weighted by Gasteiger charge is 2.59. The third kappa shape index (κ3) is 11.5. The molecule has 1 aliphatic heterocycles. The largest absolute Gasteiger partial charge is 0.497 e. The van der Waals surface area contributed by atoms with E-state index in [-0.39, 0.29) is 11.6 Å². The van der Waals surface area contributed by atoms with E-state index in [2.05, 4.69) is 270 Å². The molecule has 1 heterocycles. The van der Waals surface area contributed by atoms with Gasteiger partial charge in [-0.3, -0.25) is 4.79 Å². The lowest BCUT2D eigenvalue weighted by molar-refractivity contribution is -0.170. The van der Waals surface area contributed by atoms with Gasteiger partial charge in [-0.25, -0.2) is 0 Å². The molecule has 0 bridgehead atoms. The zero-order valence-electron chi connectivity index (χ0n) is 48.1. The van der Waals surface area contributed by atoms with E-state index in [1.54, 1.807) is 7.11 Å². The number of ether oxygens (including phenoxy) is 3. The summed E-state index contributed by atoms with van der Waals surface area (Å²) in [5, 5.41) is 6.87. The summed E-state index contributed by atoms with van der Waals surface area (Å²) >= 11 is 0. The Morgan fingerprint density at radius 3 is 1.18 bits per heavy atom. The van der Waals surface area contributed by atoms with E-state index in [1.165, 1.54) is 17.3 Å². The maximum absolute atomic E-state index is 13.3. The predicted molar refractivity (Wildman–Crippen MR) is 328 cm³/mol. The van der Waals surface area contributed by atoms with E-state index < -0.39 is 73.5 Å². The minimum Gasteiger partial charge on any atom is -0.497 e. The minimum absolute atomic E-state index is 0.167. The van der Waals surface area contributed by atoms with Crippen molar-refractivity contribution in [3.05, 3.63) is 200 Å². The maximum Gasteiger partial charge on any atom is 0.308 e. The fourth-order valence-corrected chi connectivity index (χ4v) is 27.6. The Bertz CT molecular complexity index is 2910. The number of carbonyl (C=O) groups excluding carboxylic acids is 1. The van der Waals surface area contributed by atoms with Crippen LogP contribution in [0.5, 0.6) is 11.5 Å². The van der Waals surface area contributed by atoms with E-state index in [1.807, 2.05) is 6.07 Å². The molecule has 7 aromatic carbocycles. The second kappa shape index (κ2) is 23.1. The molecule has 0 radical (unpaired) electrons. The highest BCUT2D eigenvalue weighted by atomic mass is 28.4. The summed E-state index contributed by atoms with van der Waals surface area (Å²) in [4.78, 5) is 13.3. The van der Waals surface area contributed by atoms with Crippen LogP contribution in [0.1, 0.15) is 87.3 Å². The number of rotatable bonds is 17. The standard InChI is InChI=1S/C66H82O7Si4/c1-49(67)70-58-47-62(74(12,13)14)59(68-11)45-56(58)57-46-60(72-76(65(5,6)7,52-37-25-17-26-38-52)53-39-27-18-28-40-53)63(73-77(66(8,9)10,54-41-29-19-30-42-54)55-43-31-20-32-44-55)61(71-57)48-69-75(64(2,3)4,50-33-21-15-22-34-50)51-35-23-16-24-36-51/h15-45,47,57,60-61,63H,46,48H2,1-14H3/t57-,60-,61-,63+/m1/s1. The molecule has 0 aromatic heterocycles. The number of carbonyl (C=O) groups is 1. The van der Waals surface area contributed by atoms with Crippen molar-refractivity contribution in [2.75, 3.05) is 13.7 Å². The second-order valence-corrected chi connectivity index (χ2v) is 42.7. The van der Waals surface area contributed by atoms with E-state index in [0.717, 1.165) is 37.2 Å². The van der Waals surface area contributed by atoms with Crippen molar-refractivity contribution in [1.29, 1.82) is 0 Å². The number of hydrogen-bond donors (Lipinski definition) is 0. The van der Waals surface area contributed by atoms with Crippen LogP contribution in [0.3, 0.4) is 0 Å². The van der Waals surface area contributed by atoms with Crippen molar-refractivity contribution in [3.8, 4) is 11.5 Å². The topological polar surface area (TPSA) is 72.5 Å². The lowest BCUT2D eigenvalue weighted by Gasteiger charge is -2.54. The molecule has 404 valence electrons. The fraction of sp³-hybridized carbons (Fsp3) is 0.348. The Morgan fingerprint density at radius 1 is 0.506 bits per heavy atom. The van der Waals surface area contributed by atoms with E-state index in [9.17, 15) is 4.79 Å². The molecule has 1 aliphatic rings. The van der Waals surface area contributed by atoms with E-state index in [0.29, 0.717) is 12.2 Å². The third-order valence-electron chi connectivity index (χ3n) is 15.6. The molecule has 0 aliphatic carbocycles. The first kappa shape index (κ1) is 57.7. The molecule has 0 saturated carbocycles. The Morgan fingerprint density at radius 2 is 0.857 bits per heavy atom. The monoisotopic (exact) mass is 1100 g/mol. The van der Waals surface area contributed by atoms with Gasteiger partial charge in [0.25, 0.3) is 25.0 Å². The van der Waals surface area contributed by atoms with Gasteiger partial charge in [0.2, 0.25) is 0 Å². The van der Waals surface area contributed by atoms with Gasteiger partial charge in [-0.2, -0.15) is 0 Å². The van der Waals surface area contributed by atoms with Crippen LogP contribution in [0.4, 0.5) is 0 Å². The summed E-state index contributed by atoms with van der Waals surface area (Å²) in [5.74, 6) is 0.796. The molecule has 7 nitrogen and oxygen atoms in total. The fourth-order valence-electron chi connectivity index (χ4n) is 12.1. The Balaban J connectivity index is 1.47. The van der Waals surface area contributed by atoms with Crippen molar-refractivity contribution in [2.45, 2.75) is 135 Å². The van der Waals surface area contributed by atoms with Gasteiger partial charge in [0.05, 0.1) is 40.1 Å². The molecule has 7 aromatic rings. The van der Waals surface area contributed by atoms with Gasteiger partial charge in [-0.15, -0.1) is 0 Å². The third-order valence-corrected chi connectivity index (χ3v) is 32.7. The SMILES string of the molecule is COc1cc([C@H]2C[C@@H](O[Si](c3ccccc3)(c3ccccc3)C(C)(C)C)[C@H](O[Si](c3ccccc3)(c3ccccc3)C(C)(C)C)[C@@H](CO[Si](c3ccccc3)(c3ccccc3)C(C)(C)C)O2)c(OC(C)=O)cc1[Si](C)(C)C. The minimum atomic E-state index is -3.39. The molecular formula is C66H82O7Si4. The van der Waals surface area contributed by atoms with Crippen LogP contribution in [0.15, 0.2) is 194 Å². The average Bonchev–Trinajstić information content (AvgIpc) is 3.44. The lowest BCUT2D eigenvalue weighted by atomic mass is 9.93. The van der Waals surface area contributed by atoms with Gasteiger partial charge < -0.3 is 27.5 Å². The first-order valence-electron chi connectivity index (χ1n) is 27.4. The van der Waals surface area contributed by atoms with Crippen molar-refractivity contribution in [1.82, 2.24) is 0 Å². The summed E-state index contributed by atoms with van der Waals surface area (Å²) < 4.78 is 45.6. The van der Waals surface area contributed by atoms with Crippen LogP contribution in [-0.4, -0.2) is 71.0 Å². The van der Waals surface area contributed by atoms with Crippen LogP contribution < -0.4 is 45.8 Å². The molecule has 0 unspecified atom stereocenters. The molecular weight excluding hydrogens is 1020 g/mol. The van der Waals surface area contributed by atoms with Crippen molar-refractivity contribution < 1.29 is 32.3 Å². The van der Waals surface area contributed by atoms with Gasteiger partial charge in [0.1, 0.15) is 17.6 Å². The van der Waals surface area contributed by atoms with Crippen molar-refractivity contribution in [3.63, 3.8) is 0 Å². The zero-order chi connectivity index (χ0) is 55.4. The zero-order valence-corrected chi connectivity index (χ0v) is 52.1. The van der Waals surface area contributed by atoms with Crippen LogP contribution in [0.2, 0.25) is 34.8 Å². The summed E-state index contributed by atoms with van der Waals surface area (Å²) in [6.45, 7) is 29.4. The number of esters is 1. The molecule has 11 heteroatoms. The second-order valence-electron chi connectivity index (χ2n) is 24.9. The predicted octanol–water partition coefficient (Wildman–Crippen LogP) is 11.5. The van der Waals surface area contributed by atoms with E-state index >= 15 is 0 Å². The van der Waals surface area contributed by atoms with Crippen LogP contribution in [-0.2, 0) is 22.8 Å². The first-order chi connectivity index (χ1) is 36.5. The highest BCUT2D eigenvalue weighted by Crippen LogP contribution is 2.48. The summed E-state index contributed by atoms with van der Waals surface area (Å²) in [5.41, 5.74) is 0.717. The molecule has 4 atom stereocenters. The van der Waals surface area contributed by atoms with Crippen LogP contribution >= 0.6 is 0 Å². The van der Waals surface area contributed by atoms with Gasteiger partial charge in [0.15, 0.2) is 0 Å². The Kier molecular flexibility index (Phi) is 17.3. The Labute approximate surface area is 464 Å². The molecule has 0 N–H and O–H groups in total. The summed E-state index contributed by atoms with van der Waals surface area (Å²) in [6, 6.07) is 69.1. The average molecular weight is 1100 g/mol. The molecule has 1 fully saturated rings. The summed E-state index contributed by atoms with van der Waals surface area (Å²) in [6.07, 6.45) is -2.33. The molecule has 0 spiro atoms. The van der Waals surface area contributed by atoms with Gasteiger partial charge >= 0.3 is 5.97 Å². The number of hydrogen-bond acceptors (Lipinski definition) is 7.